The summed E-state index contributed by atoms with van der Waals surface area (Å²) in [5.74, 6) is 0. The van der Waals surface area contributed by atoms with Crippen LogP contribution in [-0.4, -0.2) is 12.7 Å². The molecular formula is C21H38N2. The van der Waals surface area contributed by atoms with E-state index in [0.717, 1.165) is 13.0 Å². The highest BCUT2D eigenvalue weighted by molar-refractivity contribution is 5.49. The van der Waals surface area contributed by atoms with Crippen molar-refractivity contribution in [3.63, 3.8) is 0 Å². The third-order valence-corrected chi connectivity index (χ3v) is 4.68. The predicted octanol–water partition coefficient (Wildman–Crippen LogP) is 6.03. The molecule has 23 heavy (non-hydrogen) atoms. The lowest BCUT2D eigenvalue weighted by molar-refractivity contribution is 0.510. The van der Waals surface area contributed by atoms with Gasteiger partial charge in [0.05, 0.1) is 6.17 Å². The molecule has 1 aromatic rings. The zero-order chi connectivity index (χ0) is 16.9. The number of hydrogen-bond acceptors (Lipinski definition) is 2. The number of nitrogens with zero attached hydrogens (tertiary/aromatic N) is 1. The van der Waals surface area contributed by atoms with Gasteiger partial charge in [-0.15, -0.1) is 0 Å². The second kappa shape index (κ2) is 12.4. The fourth-order valence-electron chi connectivity index (χ4n) is 3.24. The van der Waals surface area contributed by atoms with Crippen LogP contribution in [0.1, 0.15) is 83.6 Å². The van der Waals surface area contributed by atoms with Crippen molar-refractivity contribution in [3.05, 3.63) is 29.8 Å². The first-order chi connectivity index (χ1) is 11.2. The van der Waals surface area contributed by atoms with Gasteiger partial charge in [-0.25, -0.2) is 0 Å². The van der Waals surface area contributed by atoms with E-state index in [9.17, 15) is 0 Å². The number of nitrogens with two attached hydrogens (primary N) is 1. The first kappa shape index (κ1) is 20.0. The van der Waals surface area contributed by atoms with Crippen LogP contribution in [0.5, 0.6) is 0 Å². The fourth-order valence-corrected chi connectivity index (χ4v) is 3.24. The van der Waals surface area contributed by atoms with Crippen molar-refractivity contribution < 1.29 is 0 Å². The number of unbranched alkanes of at least 4 members (excludes halogenated alkanes) is 8. The number of aryl methyl sites for hydroxylation is 1. The fraction of sp³-hybridized carbons (Fsp3) is 0.714. The maximum atomic E-state index is 6.43. The normalized spacial score (nSPS) is 12.3. The van der Waals surface area contributed by atoms with Crippen LogP contribution in [0.3, 0.4) is 0 Å². The Morgan fingerprint density at radius 3 is 2.09 bits per heavy atom. The van der Waals surface area contributed by atoms with Crippen LogP contribution in [-0.2, 0) is 0 Å². The summed E-state index contributed by atoms with van der Waals surface area (Å²) < 4.78 is 0. The van der Waals surface area contributed by atoms with Gasteiger partial charge in [-0.2, -0.15) is 0 Å². The molecule has 0 spiro atoms. The smallest absolute Gasteiger partial charge is 0.0770 e. The first-order valence-electron chi connectivity index (χ1n) is 9.78. The van der Waals surface area contributed by atoms with Gasteiger partial charge in [-0.05, 0) is 38.0 Å². The molecule has 2 heteroatoms. The van der Waals surface area contributed by atoms with Gasteiger partial charge in [0.25, 0.3) is 0 Å². The lowest BCUT2D eigenvalue weighted by atomic mass is 10.1. The SMILES string of the molecule is CCCCCCCCCCCC(N)N(CC)c1cccc(C)c1. The molecule has 0 fully saturated rings. The second-order valence-corrected chi connectivity index (χ2v) is 6.81. The summed E-state index contributed by atoms with van der Waals surface area (Å²) in [7, 11) is 0. The van der Waals surface area contributed by atoms with Gasteiger partial charge in [0.15, 0.2) is 0 Å². The van der Waals surface area contributed by atoms with E-state index in [4.69, 9.17) is 5.73 Å². The summed E-state index contributed by atoms with van der Waals surface area (Å²) in [6.07, 6.45) is 13.6. The average molecular weight is 319 g/mol. The lowest BCUT2D eigenvalue weighted by Gasteiger charge is -2.30. The number of hydrogen-bond donors (Lipinski definition) is 1. The van der Waals surface area contributed by atoms with Crippen molar-refractivity contribution in [3.8, 4) is 0 Å². The average Bonchev–Trinajstić information content (AvgIpc) is 2.54. The Labute approximate surface area is 144 Å². The maximum absolute atomic E-state index is 6.43. The molecule has 0 aliphatic carbocycles. The van der Waals surface area contributed by atoms with E-state index < -0.39 is 0 Å². The topological polar surface area (TPSA) is 29.3 Å². The summed E-state index contributed by atoms with van der Waals surface area (Å²) >= 11 is 0. The molecule has 0 radical (unpaired) electrons. The van der Waals surface area contributed by atoms with Crippen molar-refractivity contribution in [1.29, 1.82) is 0 Å². The molecule has 2 N–H and O–H groups in total. The van der Waals surface area contributed by atoms with Gasteiger partial charge in [-0.3, -0.25) is 0 Å². The molecule has 0 amide bonds. The number of rotatable bonds is 13. The molecule has 0 saturated heterocycles. The van der Waals surface area contributed by atoms with E-state index in [1.165, 1.54) is 69.0 Å². The third kappa shape index (κ3) is 8.41. The van der Waals surface area contributed by atoms with E-state index in [1.807, 2.05) is 0 Å². The number of benzene rings is 1. The van der Waals surface area contributed by atoms with Gasteiger partial charge in [0, 0.05) is 12.2 Å². The molecule has 1 unspecified atom stereocenters. The number of anilines is 1. The van der Waals surface area contributed by atoms with Crippen molar-refractivity contribution in [2.24, 2.45) is 5.73 Å². The van der Waals surface area contributed by atoms with Crippen LogP contribution in [0.25, 0.3) is 0 Å². The van der Waals surface area contributed by atoms with Crippen molar-refractivity contribution in [2.45, 2.75) is 91.1 Å². The first-order valence-corrected chi connectivity index (χ1v) is 9.78. The van der Waals surface area contributed by atoms with Gasteiger partial charge in [0.1, 0.15) is 0 Å². The van der Waals surface area contributed by atoms with Crippen LogP contribution >= 0.6 is 0 Å². The summed E-state index contributed by atoms with van der Waals surface area (Å²) in [5, 5.41) is 0. The zero-order valence-corrected chi connectivity index (χ0v) is 15.7. The Bertz CT molecular complexity index is 403. The van der Waals surface area contributed by atoms with Crippen molar-refractivity contribution in [1.82, 2.24) is 0 Å². The Balaban J connectivity index is 2.18. The van der Waals surface area contributed by atoms with E-state index in [0.29, 0.717) is 0 Å². The van der Waals surface area contributed by atoms with Crippen LogP contribution < -0.4 is 10.6 Å². The highest BCUT2D eigenvalue weighted by Crippen LogP contribution is 2.19. The minimum Gasteiger partial charge on any atom is -0.356 e. The molecule has 0 aromatic heterocycles. The summed E-state index contributed by atoms with van der Waals surface area (Å²) in [6.45, 7) is 7.59. The van der Waals surface area contributed by atoms with Gasteiger partial charge < -0.3 is 10.6 Å². The van der Waals surface area contributed by atoms with E-state index in [1.54, 1.807) is 0 Å². The molecular weight excluding hydrogens is 280 g/mol. The van der Waals surface area contributed by atoms with E-state index in [-0.39, 0.29) is 6.17 Å². The molecule has 0 aliphatic heterocycles. The Kier molecular flexibility index (Phi) is 10.8. The third-order valence-electron chi connectivity index (χ3n) is 4.68. The molecule has 1 atom stereocenters. The Hall–Kier alpha value is -1.02. The highest BCUT2D eigenvalue weighted by Gasteiger charge is 2.12. The summed E-state index contributed by atoms with van der Waals surface area (Å²) in [5.41, 5.74) is 8.99. The second-order valence-electron chi connectivity index (χ2n) is 6.81. The minimum absolute atomic E-state index is 0.145. The minimum atomic E-state index is 0.145. The Morgan fingerprint density at radius 2 is 1.52 bits per heavy atom. The highest BCUT2D eigenvalue weighted by atomic mass is 15.2. The monoisotopic (exact) mass is 318 g/mol. The zero-order valence-electron chi connectivity index (χ0n) is 15.7. The Morgan fingerprint density at radius 1 is 0.913 bits per heavy atom. The molecule has 0 aliphatic rings. The molecule has 0 saturated carbocycles. The lowest BCUT2D eigenvalue weighted by Crippen LogP contribution is -2.42. The van der Waals surface area contributed by atoms with E-state index in [2.05, 4.69) is 49.9 Å². The molecule has 0 heterocycles. The van der Waals surface area contributed by atoms with Crippen LogP contribution in [0, 0.1) is 6.92 Å². The van der Waals surface area contributed by atoms with Gasteiger partial charge >= 0.3 is 0 Å². The standard InChI is InChI=1S/C21H38N2/c1-4-6-7-8-9-10-11-12-13-17-21(22)23(5-2)20-16-14-15-19(3)18-20/h14-16,18,21H,4-13,17,22H2,1-3H3. The van der Waals surface area contributed by atoms with Crippen molar-refractivity contribution in [2.75, 3.05) is 11.4 Å². The largest absolute Gasteiger partial charge is 0.356 e. The van der Waals surface area contributed by atoms with Gasteiger partial charge in [0.2, 0.25) is 0 Å². The quantitative estimate of drug-likeness (QED) is 0.355. The molecule has 1 aromatic carbocycles. The molecule has 132 valence electrons. The molecule has 2 nitrogen and oxygen atoms in total. The maximum Gasteiger partial charge on any atom is 0.0770 e. The molecule has 0 bridgehead atoms. The van der Waals surface area contributed by atoms with Crippen LogP contribution in [0.2, 0.25) is 0 Å². The van der Waals surface area contributed by atoms with E-state index >= 15 is 0 Å². The van der Waals surface area contributed by atoms with Crippen LogP contribution in [0.15, 0.2) is 24.3 Å². The summed E-state index contributed by atoms with van der Waals surface area (Å²) in [4.78, 5) is 2.33. The molecule has 1 rings (SSSR count). The van der Waals surface area contributed by atoms with Gasteiger partial charge in [-0.1, -0.05) is 76.8 Å². The predicted molar refractivity (Wildman–Crippen MR) is 104 cm³/mol. The van der Waals surface area contributed by atoms with Crippen molar-refractivity contribution >= 4 is 5.69 Å². The van der Waals surface area contributed by atoms with Crippen LogP contribution in [0.4, 0.5) is 5.69 Å². The summed E-state index contributed by atoms with van der Waals surface area (Å²) in [6, 6.07) is 8.67.